The van der Waals surface area contributed by atoms with Crippen molar-refractivity contribution in [1.82, 2.24) is 10.1 Å². The lowest BCUT2D eigenvalue weighted by Crippen LogP contribution is -2.09. The minimum atomic E-state index is 0.659. The second-order valence-corrected chi connectivity index (χ2v) is 5.33. The first-order chi connectivity index (χ1) is 8.83. The Labute approximate surface area is 111 Å². The molecule has 18 heavy (non-hydrogen) atoms. The van der Waals surface area contributed by atoms with Gasteiger partial charge in [0.2, 0.25) is 11.7 Å². The van der Waals surface area contributed by atoms with Crippen LogP contribution >= 0.6 is 11.3 Å². The van der Waals surface area contributed by atoms with Gasteiger partial charge in [-0.15, -0.1) is 11.3 Å². The van der Waals surface area contributed by atoms with Crippen LogP contribution in [0, 0.1) is 5.92 Å². The predicted octanol–water partition coefficient (Wildman–Crippen LogP) is 3.11. The molecule has 0 aliphatic heterocycles. The fourth-order valence-corrected chi connectivity index (χ4v) is 2.63. The van der Waals surface area contributed by atoms with Crippen molar-refractivity contribution in [2.45, 2.75) is 32.6 Å². The summed E-state index contributed by atoms with van der Waals surface area (Å²) in [6.07, 6.45) is 4.14. The Bertz CT molecular complexity index is 453. The van der Waals surface area contributed by atoms with Crippen LogP contribution < -0.4 is 5.73 Å². The minimum absolute atomic E-state index is 0.659. The van der Waals surface area contributed by atoms with E-state index in [-0.39, 0.29) is 0 Å². The van der Waals surface area contributed by atoms with Gasteiger partial charge in [0.1, 0.15) is 0 Å². The van der Waals surface area contributed by atoms with Crippen molar-refractivity contribution in [2.75, 3.05) is 6.54 Å². The molecule has 2 aromatic heterocycles. The summed E-state index contributed by atoms with van der Waals surface area (Å²) in [4.78, 5) is 5.48. The summed E-state index contributed by atoms with van der Waals surface area (Å²) in [5.41, 5.74) is 5.59. The normalized spacial score (nSPS) is 12.8. The van der Waals surface area contributed by atoms with Gasteiger partial charge in [0.25, 0.3) is 0 Å². The van der Waals surface area contributed by atoms with E-state index >= 15 is 0 Å². The zero-order valence-electron chi connectivity index (χ0n) is 10.6. The van der Waals surface area contributed by atoms with E-state index in [0.717, 1.165) is 43.0 Å². The van der Waals surface area contributed by atoms with Crippen LogP contribution in [0.15, 0.2) is 22.0 Å². The number of nitrogens with zero attached hydrogens (tertiary/aromatic N) is 2. The van der Waals surface area contributed by atoms with Gasteiger partial charge in [-0.05, 0) is 36.8 Å². The van der Waals surface area contributed by atoms with Gasteiger partial charge in [-0.2, -0.15) is 4.98 Å². The largest absolute Gasteiger partial charge is 0.339 e. The number of thiophene rings is 1. The number of hydrogen-bond acceptors (Lipinski definition) is 5. The Morgan fingerprint density at radius 3 is 3.00 bits per heavy atom. The third kappa shape index (κ3) is 3.40. The average Bonchev–Trinajstić information content (AvgIpc) is 3.04. The topological polar surface area (TPSA) is 64.9 Å². The van der Waals surface area contributed by atoms with Crippen molar-refractivity contribution in [1.29, 1.82) is 0 Å². The number of aryl methyl sites for hydroxylation is 1. The Hall–Kier alpha value is -1.20. The fourth-order valence-electron chi connectivity index (χ4n) is 1.98. The molecule has 0 fully saturated rings. The van der Waals surface area contributed by atoms with E-state index in [4.69, 9.17) is 10.3 Å². The van der Waals surface area contributed by atoms with Crippen LogP contribution in [0.25, 0.3) is 10.7 Å². The van der Waals surface area contributed by atoms with Crippen molar-refractivity contribution in [3.05, 3.63) is 23.4 Å². The molecule has 0 saturated carbocycles. The van der Waals surface area contributed by atoms with Crippen LogP contribution in [-0.4, -0.2) is 16.7 Å². The molecule has 0 amide bonds. The van der Waals surface area contributed by atoms with E-state index in [0.29, 0.717) is 11.7 Å². The summed E-state index contributed by atoms with van der Waals surface area (Å²) >= 11 is 1.62. The third-order valence-corrected chi connectivity index (χ3v) is 3.99. The van der Waals surface area contributed by atoms with Crippen molar-refractivity contribution < 1.29 is 4.52 Å². The molecule has 0 spiro atoms. The zero-order chi connectivity index (χ0) is 12.8. The highest BCUT2D eigenvalue weighted by molar-refractivity contribution is 7.13. The van der Waals surface area contributed by atoms with Gasteiger partial charge in [-0.3, -0.25) is 0 Å². The molecule has 1 atom stereocenters. The quantitative estimate of drug-likeness (QED) is 0.835. The molecule has 4 nitrogen and oxygen atoms in total. The lowest BCUT2D eigenvalue weighted by Gasteiger charge is -2.11. The second-order valence-electron chi connectivity index (χ2n) is 4.38. The fraction of sp³-hybridized carbons (Fsp3) is 0.538. The molecule has 2 aromatic rings. The van der Waals surface area contributed by atoms with Crippen LogP contribution in [0.4, 0.5) is 0 Å². The predicted molar refractivity (Wildman–Crippen MR) is 73.4 cm³/mol. The summed E-state index contributed by atoms with van der Waals surface area (Å²) in [7, 11) is 0. The van der Waals surface area contributed by atoms with Crippen molar-refractivity contribution in [3.63, 3.8) is 0 Å². The SMILES string of the molecule is CCC(CCN)CCc1nc(-c2cccs2)no1. The lowest BCUT2D eigenvalue weighted by molar-refractivity contribution is 0.354. The van der Waals surface area contributed by atoms with Gasteiger partial charge in [0, 0.05) is 6.42 Å². The van der Waals surface area contributed by atoms with E-state index in [1.807, 2.05) is 17.5 Å². The maximum Gasteiger partial charge on any atom is 0.226 e. The van der Waals surface area contributed by atoms with Gasteiger partial charge < -0.3 is 10.3 Å². The first kappa shape index (κ1) is 13.2. The summed E-state index contributed by atoms with van der Waals surface area (Å²) < 4.78 is 5.28. The first-order valence-corrected chi connectivity index (χ1v) is 7.28. The standard InChI is InChI=1S/C13H19N3OS/c1-2-10(7-8-14)5-6-12-15-13(16-17-12)11-4-3-9-18-11/h3-4,9-10H,2,5-8,14H2,1H3. The Balaban J connectivity index is 1.91. The molecule has 2 rings (SSSR count). The van der Waals surface area contributed by atoms with Gasteiger partial charge in [-0.1, -0.05) is 24.6 Å². The molecular weight excluding hydrogens is 246 g/mol. The average molecular weight is 265 g/mol. The van der Waals surface area contributed by atoms with Crippen LogP contribution in [-0.2, 0) is 6.42 Å². The number of aromatic nitrogens is 2. The Morgan fingerprint density at radius 1 is 1.44 bits per heavy atom. The first-order valence-electron chi connectivity index (χ1n) is 6.40. The number of nitrogens with two attached hydrogens (primary N) is 1. The summed E-state index contributed by atoms with van der Waals surface area (Å²) in [5.74, 6) is 2.09. The molecular formula is C13H19N3OS. The van der Waals surface area contributed by atoms with E-state index < -0.39 is 0 Å². The van der Waals surface area contributed by atoms with Crippen molar-refractivity contribution >= 4 is 11.3 Å². The second kappa shape index (κ2) is 6.66. The van der Waals surface area contributed by atoms with Crippen LogP contribution in [0.1, 0.15) is 32.1 Å². The van der Waals surface area contributed by atoms with Gasteiger partial charge in [0.15, 0.2) is 0 Å². The molecule has 5 heteroatoms. The molecule has 98 valence electrons. The lowest BCUT2D eigenvalue weighted by atomic mass is 9.97. The Kier molecular flexibility index (Phi) is 4.90. The molecule has 0 aliphatic carbocycles. The van der Waals surface area contributed by atoms with E-state index in [1.54, 1.807) is 11.3 Å². The monoisotopic (exact) mass is 265 g/mol. The van der Waals surface area contributed by atoms with Crippen LogP contribution in [0.2, 0.25) is 0 Å². The highest BCUT2D eigenvalue weighted by atomic mass is 32.1. The molecule has 0 aliphatic rings. The minimum Gasteiger partial charge on any atom is -0.339 e. The van der Waals surface area contributed by atoms with Crippen LogP contribution in [0.5, 0.6) is 0 Å². The Morgan fingerprint density at radius 2 is 2.33 bits per heavy atom. The molecule has 0 radical (unpaired) electrons. The number of rotatable bonds is 7. The molecule has 2 heterocycles. The van der Waals surface area contributed by atoms with Crippen molar-refractivity contribution in [3.8, 4) is 10.7 Å². The summed E-state index contributed by atoms with van der Waals surface area (Å²) in [6.45, 7) is 2.95. The molecule has 0 saturated heterocycles. The molecule has 0 aromatic carbocycles. The summed E-state index contributed by atoms with van der Waals surface area (Å²) in [5, 5.41) is 6.02. The van der Waals surface area contributed by atoms with Crippen molar-refractivity contribution in [2.24, 2.45) is 11.7 Å². The van der Waals surface area contributed by atoms with E-state index in [2.05, 4.69) is 17.1 Å². The van der Waals surface area contributed by atoms with E-state index in [9.17, 15) is 0 Å². The molecule has 1 unspecified atom stereocenters. The highest BCUT2D eigenvalue weighted by Gasteiger charge is 2.11. The summed E-state index contributed by atoms with van der Waals surface area (Å²) in [6, 6.07) is 3.99. The maximum atomic E-state index is 5.59. The van der Waals surface area contributed by atoms with Gasteiger partial charge >= 0.3 is 0 Å². The molecule has 0 bridgehead atoms. The van der Waals surface area contributed by atoms with Gasteiger partial charge in [0.05, 0.1) is 4.88 Å². The zero-order valence-corrected chi connectivity index (χ0v) is 11.4. The van der Waals surface area contributed by atoms with E-state index in [1.165, 1.54) is 0 Å². The smallest absolute Gasteiger partial charge is 0.226 e. The molecule has 2 N–H and O–H groups in total. The maximum absolute atomic E-state index is 5.59. The third-order valence-electron chi connectivity index (χ3n) is 3.13. The highest BCUT2D eigenvalue weighted by Crippen LogP contribution is 2.22. The van der Waals surface area contributed by atoms with Crippen LogP contribution in [0.3, 0.4) is 0 Å². The van der Waals surface area contributed by atoms with Gasteiger partial charge in [-0.25, -0.2) is 0 Å². The number of hydrogen-bond donors (Lipinski definition) is 1.